The zero-order valence-corrected chi connectivity index (χ0v) is 13.4. The lowest BCUT2D eigenvalue weighted by molar-refractivity contribution is 0.195. The first-order chi connectivity index (χ1) is 11.2. The summed E-state index contributed by atoms with van der Waals surface area (Å²) in [6, 6.07) is 14.7. The van der Waals surface area contributed by atoms with E-state index in [0.717, 1.165) is 19.5 Å². The molecule has 0 saturated heterocycles. The van der Waals surface area contributed by atoms with Gasteiger partial charge < -0.3 is 11.1 Å². The van der Waals surface area contributed by atoms with Crippen LogP contribution in [0, 0.1) is 0 Å². The summed E-state index contributed by atoms with van der Waals surface area (Å²) in [5.41, 5.74) is 8.83. The first kappa shape index (κ1) is 15.5. The highest BCUT2D eigenvalue weighted by atomic mass is 15.2. The normalized spacial score (nSPS) is 16.7. The molecule has 1 atom stereocenters. The number of anilines is 1. The van der Waals surface area contributed by atoms with Crippen molar-refractivity contribution >= 4 is 11.8 Å². The number of nitrogens with two attached hydrogens (primary N) is 1. The van der Waals surface area contributed by atoms with Crippen LogP contribution in [0.2, 0.25) is 0 Å². The van der Waals surface area contributed by atoms with Crippen LogP contribution in [0.5, 0.6) is 0 Å². The first-order valence-corrected chi connectivity index (χ1v) is 8.01. The van der Waals surface area contributed by atoms with Crippen LogP contribution in [0.15, 0.2) is 53.7 Å². The van der Waals surface area contributed by atoms with E-state index in [2.05, 4.69) is 51.4 Å². The SMILES string of the molecule is CC(CN=C(N)Nc1ccccn1)N1CCc2ccccc2C1. The Morgan fingerprint density at radius 3 is 2.83 bits per heavy atom. The van der Waals surface area contributed by atoms with Crippen LogP contribution in [0.25, 0.3) is 0 Å². The molecule has 5 nitrogen and oxygen atoms in total. The Bertz CT molecular complexity index is 668. The summed E-state index contributed by atoms with van der Waals surface area (Å²) >= 11 is 0. The molecular weight excluding hydrogens is 286 g/mol. The van der Waals surface area contributed by atoms with Gasteiger partial charge >= 0.3 is 0 Å². The van der Waals surface area contributed by atoms with E-state index in [9.17, 15) is 0 Å². The minimum atomic E-state index is 0.354. The Morgan fingerprint density at radius 2 is 2.04 bits per heavy atom. The van der Waals surface area contributed by atoms with Crippen molar-refractivity contribution in [3.05, 3.63) is 59.8 Å². The van der Waals surface area contributed by atoms with Crippen molar-refractivity contribution in [1.29, 1.82) is 0 Å². The van der Waals surface area contributed by atoms with E-state index in [1.165, 1.54) is 11.1 Å². The maximum atomic E-state index is 5.94. The molecule has 2 aromatic rings. The summed E-state index contributed by atoms with van der Waals surface area (Å²) in [4.78, 5) is 11.1. The molecule has 1 aromatic heterocycles. The summed E-state index contributed by atoms with van der Waals surface area (Å²) in [6.07, 6.45) is 2.83. The number of aliphatic imine (C=N–C) groups is 1. The van der Waals surface area contributed by atoms with Crippen LogP contribution in [0.4, 0.5) is 5.82 Å². The molecule has 2 heterocycles. The smallest absolute Gasteiger partial charge is 0.194 e. The van der Waals surface area contributed by atoms with Gasteiger partial charge in [-0.1, -0.05) is 30.3 Å². The van der Waals surface area contributed by atoms with Gasteiger partial charge in [0.25, 0.3) is 0 Å². The van der Waals surface area contributed by atoms with Crippen molar-refractivity contribution in [3.63, 3.8) is 0 Å². The fourth-order valence-corrected chi connectivity index (χ4v) is 2.85. The molecule has 120 valence electrons. The predicted molar refractivity (Wildman–Crippen MR) is 94.4 cm³/mol. The van der Waals surface area contributed by atoms with Crippen molar-refractivity contribution in [2.45, 2.75) is 25.9 Å². The second kappa shape index (κ2) is 7.24. The van der Waals surface area contributed by atoms with Crippen molar-refractivity contribution in [3.8, 4) is 0 Å². The van der Waals surface area contributed by atoms with E-state index >= 15 is 0 Å². The van der Waals surface area contributed by atoms with Gasteiger partial charge in [0.1, 0.15) is 5.82 Å². The van der Waals surface area contributed by atoms with E-state index in [-0.39, 0.29) is 0 Å². The number of nitrogens with zero attached hydrogens (tertiary/aromatic N) is 3. The zero-order chi connectivity index (χ0) is 16.1. The molecule has 0 fully saturated rings. The average Bonchev–Trinajstić information content (AvgIpc) is 2.60. The molecule has 1 aliphatic heterocycles. The molecule has 1 aliphatic rings. The predicted octanol–water partition coefficient (Wildman–Crippen LogP) is 2.25. The Hall–Kier alpha value is -2.40. The summed E-state index contributed by atoms with van der Waals surface area (Å²) in [7, 11) is 0. The molecule has 3 N–H and O–H groups in total. The minimum Gasteiger partial charge on any atom is -0.370 e. The van der Waals surface area contributed by atoms with Crippen molar-refractivity contribution in [2.24, 2.45) is 10.7 Å². The molecule has 1 unspecified atom stereocenters. The highest BCUT2D eigenvalue weighted by Gasteiger charge is 2.19. The molecule has 1 aromatic carbocycles. The second-order valence-corrected chi connectivity index (χ2v) is 5.90. The number of hydrogen-bond acceptors (Lipinski definition) is 3. The minimum absolute atomic E-state index is 0.354. The number of pyridine rings is 1. The van der Waals surface area contributed by atoms with Crippen LogP contribution in [0.1, 0.15) is 18.1 Å². The van der Waals surface area contributed by atoms with E-state index in [4.69, 9.17) is 5.73 Å². The van der Waals surface area contributed by atoms with E-state index in [1.54, 1.807) is 6.20 Å². The largest absolute Gasteiger partial charge is 0.370 e. The summed E-state index contributed by atoms with van der Waals surface area (Å²) in [6.45, 7) is 4.93. The average molecular weight is 309 g/mol. The summed E-state index contributed by atoms with van der Waals surface area (Å²) in [5.74, 6) is 1.13. The van der Waals surface area contributed by atoms with Crippen LogP contribution < -0.4 is 11.1 Å². The Balaban J connectivity index is 1.55. The fourth-order valence-electron chi connectivity index (χ4n) is 2.85. The number of aromatic nitrogens is 1. The molecule has 3 rings (SSSR count). The molecule has 0 spiro atoms. The Kier molecular flexibility index (Phi) is 4.88. The molecule has 23 heavy (non-hydrogen) atoms. The van der Waals surface area contributed by atoms with Gasteiger partial charge in [0.15, 0.2) is 5.96 Å². The third kappa shape index (κ3) is 4.07. The number of benzene rings is 1. The van der Waals surface area contributed by atoms with Crippen LogP contribution >= 0.6 is 0 Å². The highest BCUT2D eigenvalue weighted by molar-refractivity contribution is 5.91. The van der Waals surface area contributed by atoms with Crippen molar-refractivity contribution in [2.75, 3.05) is 18.4 Å². The topological polar surface area (TPSA) is 66.5 Å². The third-order valence-corrected chi connectivity index (χ3v) is 4.23. The van der Waals surface area contributed by atoms with E-state index in [1.807, 2.05) is 18.2 Å². The van der Waals surface area contributed by atoms with Crippen LogP contribution in [-0.4, -0.2) is 35.0 Å². The van der Waals surface area contributed by atoms with Crippen LogP contribution in [-0.2, 0) is 13.0 Å². The van der Waals surface area contributed by atoms with Gasteiger partial charge in [0, 0.05) is 25.3 Å². The summed E-state index contributed by atoms with van der Waals surface area (Å²) < 4.78 is 0. The van der Waals surface area contributed by atoms with Crippen LogP contribution in [0.3, 0.4) is 0 Å². The summed E-state index contributed by atoms with van der Waals surface area (Å²) in [5, 5.41) is 3.01. The lowest BCUT2D eigenvalue weighted by Crippen LogP contribution is -2.39. The number of fused-ring (bicyclic) bond motifs is 1. The van der Waals surface area contributed by atoms with Gasteiger partial charge in [0.05, 0.1) is 6.54 Å². The molecule has 5 heteroatoms. The number of nitrogens with one attached hydrogen (secondary N) is 1. The lowest BCUT2D eigenvalue weighted by Gasteiger charge is -2.33. The van der Waals surface area contributed by atoms with Gasteiger partial charge in [-0.2, -0.15) is 0 Å². The maximum absolute atomic E-state index is 5.94. The Morgan fingerprint density at radius 1 is 1.26 bits per heavy atom. The number of guanidine groups is 1. The van der Waals surface area contributed by atoms with Gasteiger partial charge in [-0.25, -0.2) is 4.98 Å². The number of rotatable bonds is 4. The molecule has 0 bridgehead atoms. The first-order valence-electron chi connectivity index (χ1n) is 8.01. The molecular formula is C18H23N5. The van der Waals surface area contributed by atoms with Gasteiger partial charge in [-0.05, 0) is 36.6 Å². The van der Waals surface area contributed by atoms with E-state index < -0.39 is 0 Å². The molecule has 0 aliphatic carbocycles. The van der Waals surface area contributed by atoms with Crippen molar-refractivity contribution in [1.82, 2.24) is 9.88 Å². The zero-order valence-electron chi connectivity index (χ0n) is 13.4. The number of hydrogen-bond donors (Lipinski definition) is 2. The van der Waals surface area contributed by atoms with Gasteiger partial charge in [-0.15, -0.1) is 0 Å². The molecule has 0 radical (unpaired) electrons. The third-order valence-electron chi connectivity index (χ3n) is 4.23. The maximum Gasteiger partial charge on any atom is 0.194 e. The highest BCUT2D eigenvalue weighted by Crippen LogP contribution is 2.20. The van der Waals surface area contributed by atoms with Crippen molar-refractivity contribution < 1.29 is 0 Å². The van der Waals surface area contributed by atoms with Gasteiger partial charge in [0.2, 0.25) is 0 Å². The second-order valence-electron chi connectivity index (χ2n) is 5.90. The van der Waals surface area contributed by atoms with E-state index in [0.29, 0.717) is 24.4 Å². The Labute approximate surface area is 137 Å². The quantitative estimate of drug-likeness (QED) is 0.671. The standard InChI is InChI=1S/C18H23N5/c1-14(12-21-18(19)22-17-8-4-5-10-20-17)23-11-9-15-6-2-3-7-16(15)13-23/h2-8,10,14H,9,11-13H2,1H3,(H3,19,20,21,22). The lowest BCUT2D eigenvalue weighted by atomic mass is 9.99. The fraction of sp³-hybridized carbons (Fsp3) is 0.333. The molecule has 0 saturated carbocycles. The van der Waals surface area contributed by atoms with Gasteiger partial charge in [-0.3, -0.25) is 9.89 Å². The molecule has 0 amide bonds. The monoisotopic (exact) mass is 309 g/mol.